The van der Waals surface area contributed by atoms with Gasteiger partial charge in [-0.25, -0.2) is 4.79 Å². The number of aromatic nitrogens is 2. The van der Waals surface area contributed by atoms with Crippen molar-refractivity contribution < 1.29 is 19.2 Å². The van der Waals surface area contributed by atoms with E-state index in [-0.39, 0.29) is 18.8 Å². The number of rotatable bonds is 7. The number of methoxy groups -OCH3 is 1. The molecule has 170 valence electrons. The normalized spacial score (nSPS) is 15.8. The van der Waals surface area contributed by atoms with Crippen molar-refractivity contribution >= 4 is 29.0 Å². The summed E-state index contributed by atoms with van der Waals surface area (Å²) in [5.41, 5.74) is 3.34. The summed E-state index contributed by atoms with van der Waals surface area (Å²) in [6, 6.07) is 4.97. The highest BCUT2D eigenvalue weighted by Gasteiger charge is 2.31. The van der Waals surface area contributed by atoms with E-state index in [0.717, 1.165) is 11.1 Å². The Kier molecular flexibility index (Phi) is 6.78. The molecule has 1 aromatic heterocycles. The van der Waals surface area contributed by atoms with E-state index < -0.39 is 16.9 Å². The highest BCUT2D eigenvalue weighted by atomic mass is 32.1. The van der Waals surface area contributed by atoms with Crippen LogP contribution in [0.2, 0.25) is 0 Å². The van der Waals surface area contributed by atoms with Crippen molar-refractivity contribution in [3.8, 4) is 5.75 Å². The van der Waals surface area contributed by atoms with Gasteiger partial charge in [-0.3, -0.25) is 14.8 Å². The lowest BCUT2D eigenvalue weighted by atomic mass is 9.94. The molecule has 2 N–H and O–H groups in total. The number of esters is 1. The number of thiocarbonyl (C=S) groups is 1. The first-order valence-electron chi connectivity index (χ1n) is 9.98. The van der Waals surface area contributed by atoms with Crippen LogP contribution in [-0.4, -0.2) is 39.5 Å². The predicted molar refractivity (Wildman–Crippen MR) is 121 cm³/mol. The molecule has 2 heterocycles. The summed E-state index contributed by atoms with van der Waals surface area (Å²) in [7, 11) is 1.55. The molecule has 0 aliphatic carbocycles. The van der Waals surface area contributed by atoms with Crippen molar-refractivity contribution in [2.45, 2.75) is 40.3 Å². The number of nitro groups is 1. The third kappa shape index (κ3) is 4.42. The summed E-state index contributed by atoms with van der Waals surface area (Å²) in [5, 5.41) is 22.2. The van der Waals surface area contributed by atoms with E-state index in [1.807, 2.05) is 12.1 Å². The number of allylic oxidation sites excluding steroid dienone is 1. The Bertz CT molecular complexity index is 1120. The molecule has 32 heavy (non-hydrogen) atoms. The number of ether oxygens (including phenoxy) is 2. The van der Waals surface area contributed by atoms with Crippen molar-refractivity contribution in [1.82, 2.24) is 20.4 Å². The Morgan fingerprint density at radius 2 is 2.06 bits per heavy atom. The first-order valence-corrected chi connectivity index (χ1v) is 10.4. The Balaban J connectivity index is 2.05. The maximum atomic E-state index is 12.6. The van der Waals surface area contributed by atoms with E-state index in [0.29, 0.717) is 33.5 Å². The minimum Gasteiger partial charge on any atom is -0.496 e. The molecule has 0 saturated carbocycles. The molecule has 0 amide bonds. The molecule has 1 atom stereocenters. The van der Waals surface area contributed by atoms with Gasteiger partial charge in [-0.15, -0.1) is 0 Å². The monoisotopic (exact) mass is 459 g/mol. The molecule has 3 rings (SSSR count). The van der Waals surface area contributed by atoms with Crippen LogP contribution in [0, 0.1) is 24.0 Å². The smallest absolute Gasteiger partial charge is 0.338 e. The van der Waals surface area contributed by atoms with E-state index in [4.69, 9.17) is 21.7 Å². The van der Waals surface area contributed by atoms with Gasteiger partial charge in [-0.2, -0.15) is 5.10 Å². The summed E-state index contributed by atoms with van der Waals surface area (Å²) in [4.78, 5) is 23.6. The van der Waals surface area contributed by atoms with Gasteiger partial charge in [0.25, 0.3) is 0 Å². The van der Waals surface area contributed by atoms with E-state index >= 15 is 0 Å². The maximum absolute atomic E-state index is 12.6. The highest BCUT2D eigenvalue weighted by Crippen LogP contribution is 2.32. The standard InChI is InChI=1S/C21H25N5O5S/c1-6-31-20(27)17-11(2)22-21(32)23-18(17)14-7-8-16(30-5)15(9-14)10-25-13(4)19(26(28)29)12(3)24-25/h7-9,18H,6,10H2,1-5H3,(H2,22,23,32)/t18-/m0/s1. The molecule has 1 aliphatic heterocycles. The Morgan fingerprint density at radius 1 is 1.34 bits per heavy atom. The predicted octanol–water partition coefficient (Wildman–Crippen LogP) is 2.82. The van der Waals surface area contributed by atoms with E-state index in [2.05, 4.69) is 15.7 Å². The zero-order valence-corrected chi connectivity index (χ0v) is 19.3. The molecule has 0 bridgehead atoms. The van der Waals surface area contributed by atoms with Crippen LogP contribution in [-0.2, 0) is 16.1 Å². The quantitative estimate of drug-likeness (QED) is 0.279. The van der Waals surface area contributed by atoms with Gasteiger partial charge in [-0.05, 0) is 57.6 Å². The number of benzene rings is 1. The fourth-order valence-electron chi connectivity index (χ4n) is 3.79. The van der Waals surface area contributed by atoms with Crippen LogP contribution in [0.4, 0.5) is 5.69 Å². The van der Waals surface area contributed by atoms with Crippen molar-refractivity contribution in [1.29, 1.82) is 0 Å². The summed E-state index contributed by atoms with van der Waals surface area (Å²) in [6.45, 7) is 7.28. The van der Waals surface area contributed by atoms with Crippen LogP contribution in [0.15, 0.2) is 29.5 Å². The number of aryl methyl sites for hydroxylation is 1. The zero-order valence-electron chi connectivity index (χ0n) is 18.5. The number of hydrogen-bond acceptors (Lipinski definition) is 7. The fourth-order valence-corrected chi connectivity index (χ4v) is 4.06. The maximum Gasteiger partial charge on any atom is 0.338 e. The number of hydrogen-bond donors (Lipinski definition) is 2. The Hall–Kier alpha value is -3.47. The molecule has 1 aromatic carbocycles. The Morgan fingerprint density at radius 3 is 2.66 bits per heavy atom. The second-order valence-electron chi connectivity index (χ2n) is 7.30. The van der Waals surface area contributed by atoms with Crippen molar-refractivity contribution in [3.05, 3.63) is 62.1 Å². The molecule has 0 unspecified atom stereocenters. The lowest BCUT2D eigenvalue weighted by Gasteiger charge is -2.30. The van der Waals surface area contributed by atoms with Crippen molar-refractivity contribution in [3.63, 3.8) is 0 Å². The lowest BCUT2D eigenvalue weighted by Crippen LogP contribution is -2.45. The molecule has 0 fully saturated rings. The van der Waals surface area contributed by atoms with E-state index in [1.165, 1.54) is 0 Å². The second-order valence-corrected chi connectivity index (χ2v) is 7.70. The van der Waals surface area contributed by atoms with Gasteiger partial charge in [0.15, 0.2) is 5.11 Å². The minimum absolute atomic E-state index is 0.00588. The molecule has 0 radical (unpaired) electrons. The van der Waals surface area contributed by atoms with Gasteiger partial charge >= 0.3 is 11.7 Å². The van der Waals surface area contributed by atoms with Crippen LogP contribution in [0.3, 0.4) is 0 Å². The van der Waals surface area contributed by atoms with Crippen molar-refractivity contribution in [2.75, 3.05) is 13.7 Å². The highest BCUT2D eigenvalue weighted by molar-refractivity contribution is 7.80. The summed E-state index contributed by atoms with van der Waals surface area (Å²) >= 11 is 5.30. The van der Waals surface area contributed by atoms with Crippen LogP contribution < -0.4 is 15.4 Å². The SMILES string of the molecule is CCOC(=O)C1=C(C)NC(=S)N[C@H]1c1ccc(OC)c(Cn2nc(C)c([N+](=O)[O-])c2C)c1. The van der Waals surface area contributed by atoms with Crippen LogP contribution in [0.25, 0.3) is 0 Å². The molecule has 0 spiro atoms. The molecular formula is C21H25N5O5S. The second kappa shape index (κ2) is 9.35. The third-order valence-corrected chi connectivity index (χ3v) is 5.47. The number of carbonyl (C=O) groups excluding carboxylic acids is 1. The largest absolute Gasteiger partial charge is 0.496 e. The molecule has 11 heteroatoms. The minimum atomic E-state index is -0.526. The average molecular weight is 460 g/mol. The van der Waals surface area contributed by atoms with Gasteiger partial charge in [0.2, 0.25) is 0 Å². The van der Waals surface area contributed by atoms with E-state index in [9.17, 15) is 14.9 Å². The Labute approximate surface area is 190 Å². The first kappa shape index (κ1) is 23.2. The van der Waals surface area contributed by atoms with Gasteiger partial charge in [-0.1, -0.05) is 6.07 Å². The average Bonchev–Trinajstić information content (AvgIpc) is 3.00. The van der Waals surface area contributed by atoms with Crippen LogP contribution in [0.1, 0.15) is 42.4 Å². The van der Waals surface area contributed by atoms with Gasteiger partial charge in [0.05, 0.1) is 36.8 Å². The number of nitrogens with one attached hydrogen (secondary N) is 2. The lowest BCUT2D eigenvalue weighted by molar-refractivity contribution is -0.386. The first-order chi connectivity index (χ1) is 15.2. The van der Waals surface area contributed by atoms with Crippen molar-refractivity contribution in [2.24, 2.45) is 0 Å². The van der Waals surface area contributed by atoms with Crippen LogP contribution >= 0.6 is 12.2 Å². The fraction of sp³-hybridized carbons (Fsp3) is 0.381. The zero-order chi connectivity index (χ0) is 23.6. The molecule has 1 aliphatic rings. The van der Waals surface area contributed by atoms with Crippen LogP contribution in [0.5, 0.6) is 5.75 Å². The number of carbonyl (C=O) groups is 1. The molecular weight excluding hydrogens is 434 g/mol. The topological polar surface area (TPSA) is 121 Å². The summed E-state index contributed by atoms with van der Waals surface area (Å²) < 4.78 is 12.3. The summed E-state index contributed by atoms with van der Waals surface area (Å²) in [5.74, 6) is 0.155. The molecule has 2 aromatic rings. The van der Waals surface area contributed by atoms with Gasteiger partial charge in [0.1, 0.15) is 17.1 Å². The van der Waals surface area contributed by atoms with Gasteiger partial charge < -0.3 is 20.1 Å². The summed E-state index contributed by atoms with van der Waals surface area (Å²) in [6.07, 6.45) is 0. The molecule has 10 nitrogen and oxygen atoms in total. The number of nitrogens with zero attached hydrogens (tertiary/aromatic N) is 3. The molecule has 0 saturated heterocycles. The van der Waals surface area contributed by atoms with Gasteiger partial charge in [0, 0.05) is 11.3 Å². The third-order valence-electron chi connectivity index (χ3n) is 5.25. The van der Waals surface area contributed by atoms with E-state index in [1.54, 1.807) is 45.6 Å².